The van der Waals surface area contributed by atoms with Crippen LogP contribution >= 0.6 is 11.8 Å². The molecule has 120 valence electrons. The molecule has 1 fully saturated rings. The Balaban J connectivity index is 2.36. The van der Waals surface area contributed by atoms with Crippen molar-refractivity contribution in [1.82, 2.24) is 4.90 Å². The monoisotopic (exact) mass is 321 g/mol. The summed E-state index contributed by atoms with van der Waals surface area (Å²) in [7, 11) is 1.63. The molecule has 1 aliphatic rings. The molecule has 0 atom stereocenters. The van der Waals surface area contributed by atoms with E-state index in [0.717, 1.165) is 29.7 Å². The van der Waals surface area contributed by atoms with Crippen LogP contribution in [0.5, 0.6) is 0 Å². The third kappa shape index (κ3) is 3.00. The van der Waals surface area contributed by atoms with Gasteiger partial charge in [-0.05, 0) is 43.7 Å². The van der Waals surface area contributed by atoms with Crippen LogP contribution in [0, 0.1) is 6.92 Å². The molecule has 0 saturated heterocycles. The van der Waals surface area contributed by atoms with Gasteiger partial charge in [-0.1, -0.05) is 25.3 Å². The Hall–Kier alpha value is -1.49. The molecule has 5 heteroatoms. The van der Waals surface area contributed by atoms with Crippen molar-refractivity contribution in [3.05, 3.63) is 29.3 Å². The predicted molar refractivity (Wildman–Crippen MR) is 88.5 cm³/mol. The summed E-state index contributed by atoms with van der Waals surface area (Å²) in [6.45, 7) is 1.89. The maximum Gasteiger partial charge on any atom is 0.329 e. The molecule has 0 aliphatic heterocycles. The van der Waals surface area contributed by atoms with Gasteiger partial charge in [0.2, 0.25) is 0 Å². The number of carboxylic acid groups (broad SMARTS) is 1. The molecule has 0 unspecified atom stereocenters. The van der Waals surface area contributed by atoms with Gasteiger partial charge >= 0.3 is 5.97 Å². The summed E-state index contributed by atoms with van der Waals surface area (Å²) in [6, 6.07) is 5.75. The third-order valence-corrected chi connectivity index (χ3v) is 5.43. The maximum atomic E-state index is 12.9. The number of hydrogen-bond donors (Lipinski definition) is 1. The number of carbonyl (C=O) groups is 2. The number of carboxylic acids is 1. The summed E-state index contributed by atoms with van der Waals surface area (Å²) in [5.74, 6) is -1.08. The first-order valence-corrected chi connectivity index (χ1v) is 8.81. The van der Waals surface area contributed by atoms with E-state index >= 15 is 0 Å². The number of carbonyl (C=O) groups excluding carboxylic acids is 1. The lowest BCUT2D eigenvalue weighted by Crippen LogP contribution is -2.56. The number of amides is 1. The lowest BCUT2D eigenvalue weighted by atomic mass is 9.80. The number of thioether (sulfide) groups is 1. The molecule has 4 nitrogen and oxygen atoms in total. The zero-order valence-electron chi connectivity index (χ0n) is 13.4. The van der Waals surface area contributed by atoms with Crippen LogP contribution in [-0.4, -0.2) is 40.7 Å². The minimum Gasteiger partial charge on any atom is -0.479 e. The second-order valence-corrected chi connectivity index (χ2v) is 6.82. The molecular weight excluding hydrogens is 298 g/mol. The molecule has 1 aromatic carbocycles. The van der Waals surface area contributed by atoms with Crippen LogP contribution < -0.4 is 0 Å². The van der Waals surface area contributed by atoms with Gasteiger partial charge in [-0.15, -0.1) is 11.8 Å². The molecule has 1 N–H and O–H groups in total. The highest BCUT2D eigenvalue weighted by atomic mass is 32.2. The van der Waals surface area contributed by atoms with Gasteiger partial charge in [0.25, 0.3) is 5.91 Å². The minimum absolute atomic E-state index is 0.197. The summed E-state index contributed by atoms with van der Waals surface area (Å²) in [5.41, 5.74) is 0.420. The minimum atomic E-state index is -1.06. The van der Waals surface area contributed by atoms with Gasteiger partial charge in [-0.3, -0.25) is 4.79 Å². The van der Waals surface area contributed by atoms with E-state index in [4.69, 9.17) is 0 Å². The maximum absolute atomic E-state index is 12.9. The number of aryl methyl sites for hydroxylation is 1. The second-order valence-electron chi connectivity index (χ2n) is 5.94. The zero-order valence-corrected chi connectivity index (χ0v) is 14.2. The number of aliphatic carboxylic acids is 1. The van der Waals surface area contributed by atoms with E-state index in [1.54, 1.807) is 18.8 Å². The van der Waals surface area contributed by atoms with E-state index in [0.29, 0.717) is 18.4 Å². The number of nitrogens with zero attached hydrogens (tertiary/aromatic N) is 1. The Morgan fingerprint density at radius 1 is 1.23 bits per heavy atom. The topological polar surface area (TPSA) is 57.6 Å². The fourth-order valence-corrected chi connectivity index (χ4v) is 3.60. The van der Waals surface area contributed by atoms with E-state index < -0.39 is 11.5 Å². The van der Waals surface area contributed by atoms with E-state index in [-0.39, 0.29) is 5.91 Å². The Morgan fingerprint density at radius 3 is 2.41 bits per heavy atom. The highest BCUT2D eigenvalue weighted by molar-refractivity contribution is 7.98. The average molecular weight is 321 g/mol. The van der Waals surface area contributed by atoms with Gasteiger partial charge in [-0.25, -0.2) is 4.79 Å². The average Bonchev–Trinajstić information content (AvgIpc) is 2.54. The van der Waals surface area contributed by atoms with Crippen molar-refractivity contribution in [1.29, 1.82) is 0 Å². The van der Waals surface area contributed by atoms with Crippen molar-refractivity contribution in [2.75, 3.05) is 13.3 Å². The van der Waals surface area contributed by atoms with Gasteiger partial charge in [0.05, 0.1) is 0 Å². The number of likely N-dealkylation sites (N-methyl/N-ethyl adjacent to an activating group) is 1. The van der Waals surface area contributed by atoms with Crippen LogP contribution in [0.4, 0.5) is 0 Å². The van der Waals surface area contributed by atoms with Crippen molar-refractivity contribution in [3.63, 3.8) is 0 Å². The van der Waals surface area contributed by atoms with Gasteiger partial charge < -0.3 is 10.0 Å². The Labute approximate surface area is 135 Å². The largest absolute Gasteiger partial charge is 0.479 e. The predicted octanol–water partition coefficient (Wildman–Crippen LogP) is 3.58. The van der Waals surface area contributed by atoms with Crippen molar-refractivity contribution in [2.45, 2.75) is 49.5 Å². The molecule has 0 bridgehead atoms. The second kappa shape index (κ2) is 6.73. The lowest BCUT2D eigenvalue weighted by molar-refractivity contribution is -0.151. The molecule has 0 radical (unpaired) electrons. The summed E-state index contributed by atoms with van der Waals surface area (Å²) >= 11 is 1.57. The summed E-state index contributed by atoms with van der Waals surface area (Å²) in [5, 5.41) is 9.73. The Kier molecular flexibility index (Phi) is 5.16. The molecule has 1 saturated carbocycles. The highest BCUT2D eigenvalue weighted by Crippen LogP contribution is 2.34. The lowest BCUT2D eigenvalue weighted by Gasteiger charge is -2.41. The standard InChI is InChI=1S/C17H23NO3S/c1-12-7-8-13(22-3)11-14(12)15(19)18(2)17(16(20)21)9-5-4-6-10-17/h7-8,11H,4-6,9-10H2,1-3H3,(H,20,21). The SMILES string of the molecule is CSc1ccc(C)c(C(=O)N(C)C2(C(=O)O)CCCCC2)c1. The van der Waals surface area contributed by atoms with Gasteiger partial charge in [-0.2, -0.15) is 0 Å². The molecule has 0 aromatic heterocycles. The van der Waals surface area contributed by atoms with Crippen LogP contribution in [-0.2, 0) is 4.79 Å². The first-order valence-electron chi connectivity index (χ1n) is 7.58. The van der Waals surface area contributed by atoms with Crippen LogP contribution in [0.25, 0.3) is 0 Å². The molecule has 0 spiro atoms. The normalized spacial score (nSPS) is 17.0. The van der Waals surface area contributed by atoms with E-state index in [1.807, 2.05) is 31.4 Å². The Morgan fingerprint density at radius 2 is 1.86 bits per heavy atom. The van der Waals surface area contributed by atoms with Crippen LogP contribution in [0.3, 0.4) is 0 Å². The van der Waals surface area contributed by atoms with E-state index in [2.05, 4.69) is 0 Å². The number of hydrogen-bond acceptors (Lipinski definition) is 3. The van der Waals surface area contributed by atoms with Crippen molar-refractivity contribution >= 4 is 23.6 Å². The quantitative estimate of drug-likeness (QED) is 0.861. The van der Waals surface area contributed by atoms with E-state index in [1.165, 1.54) is 4.90 Å². The summed E-state index contributed by atoms with van der Waals surface area (Å²) < 4.78 is 0. The number of benzene rings is 1. The molecule has 1 aromatic rings. The van der Waals surface area contributed by atoms with Crippen LogP contribution in [0.2, 0.25) is 0 Å². The van der Waals surface area contributed by atoms with Crippen LogP contribution in [0.1, 0.15) is 48.0 Å². The summed E-state index contributed by atoms with van der Waals surface area (Å²) in [6.07, 6.45) is 5.78. The van der Waals surface area contributed by atoms with Gasteiger partial charge in [0.15, 0.2) is 0 Å². The van der Waals surface area contributed by atoms with E-state index in [9.17, 15) is 14.7 Å². The molecular formula is C17H23NO3S. The third-order valence-electron chi connectivity index (χ3n) is 4.70. The molecule has 22 heavy (non-hydrogen) atoms. The highest BCUT2D eigenvalue weighted by Gasteiger charge is 2.45. The Bertz CT molecular complexity index is 579. The first kappa shape index (κ1) is 16.9. The first-order chi connectivity index (χ1) is 10.4. The van der Waals surface area contributed by atoms with Crippen molar-refractivity contribution in [3.8, 4) is 0 Å². The summed E-state index contributed by atoms with van der Waals surface area (Å²) in [4.78, 5) is 27.2. The fourth-order valence-electron chi connectivity index (χ4n) is 3.16. The molecule has 0 heterocycles. The van der Waals surface area contributed by atoms with Gasteiger partial charge in [0.1, 0.15) is 5.54 Å². The van der Waals surface area contributed by atoms with Crippen LogP contribution in [0.15, 0.2) is 23.1 Å². The molecule has 1 aliphatic carbocycles. The number of rotatable bonds is 4. The van der Waals surface area contributed by atoms with Crippen molar-refractivity contribution < 1.29 is 14.7 Å². The zero-order chi connectivity index (χ0) is 16.3. The van der Waals surface area contributed by atoms with Gasteiger partial charge in [0, 0.05) is 17.5 Å². The van der Waals surface area contributed by atoms with Crippen molar-refractivity contribution in [2.24, 2.45) is 0 Å². The smallest absolute Gasteiger partial charge is 0.329 e. The fraction of sp³-hybridized carbons (Fsp3) is 0.529. The molecule has 1 amide bonds. The molecule has 2 rings (SSSR count).